The zero-order chi connectivity index (χ0) is 13.8. The van der Waals surface area contributed by atoms with Gasteiger partial charge in [-0.15, -0.1) is 0 Å². The lowest BCUT2D eigenvalue weighted by molar-refractivity contribution is -0.121. The Morgan fingerprint density at radius 2 is 1.94 bits per heavy atom. The Balaban J connectivity index is 2.60. The zero-order valence-electron chi connectivity index (χ0n) is 11.7. The minimum absolute atomic E-state index is 0.109. The first-order chi connectivity index (χ1) is 8.34. The van der Waals surface area contributed by atoms with Gasteiger partial charge in [-0.25, -0.2) is 9.97 Å². The van der Waals surface area contributed by atoms with Crippen molar-refractivity contribution in [2.45, 2.75) is 45.6 Å². The molecular weight excluding hydrogens is 230 g/mol. The molecule has 1 aromatic heterocycles. The minimum atomic E-state index is -0.469. The van der Waals surface area contributed by atoms with Crippen molar-refractivity contribution >= 4 is 11.6 Å². The van der Waals surface area contributed by atoms with Crippen molar-refractivity contribution in [1.29, 1.82) is 0 Å². The summed E-state index contributed by atoms with van der Waals surface area (Å²) in [5, 5.41) is 2.75. The molecule has 0 aromatic carbocycles. The van der Waals surface area contributed by atoms with Gasteiger partial charge in [-0.2, -0.15) is 0 Å². The number of nitrogens with one attached hydrogen (secondary N) is 1. The first-order valence-electron chi connectivity index (χ1n) is 6.01. The topological polar surface area (TPSA) is 64.1 Å². The van der Waals surface area contributed by atoms with E-state index in [4.69, 9.17) is 4.74 Å². The summed E-state index contributed by atoms with van der Waals surface area (Å²) >= 11 is 0. The predicted molar refractivity (Wildman–Crippen MR) is 70.5 cm³/mol. The Morgan fingerprint density at radius 3 is 2.39 bits per heavy atom. The fourth-order valence-corrected chi connectivity index (χ4v) is 1.36. The van der Waals surface area contributed by atoms with E-state index in [2.05, 4.69) is 15.3 Å². The number of anilines is 1. The highest BCUT2D eigenvalue weighted by Crippen LogP contribution is 2.15. The largest absolute Gasteiger partial charge is 0.378 e. The third-order valence-corrected chi connectivity index (χ3v) is 2.61. The van der Waals surface area contributed by atoms with Crippen molar-refractivity contribution < 1.29 is 9.53 Å². The third-order valence-electron chi connectivity index (χ3n) is 2.61. The molecule has 1 heterocycles. The van der Waals surface area contributed by atoms with Gasteiger partial charge in [0.15, 0.2) is 0 Å². The molecule has 1 N–H and O–H groups in total. The quantitative estimate of drug-likeness (QED) is 0.872. The molecule has 5 heteroatoms. The highest BCUT2D eigenvalue weighted by atomic mass is 16.5. The Hall–Kier alpha value is -1.49. The summed E-state index contributed by atoms with van der Waals surface area (Å²) in [5.74, 6) is 0.940. The van der Waals surface area contributed by atoms with Gasteiger partial charge in [-0.3, -0.25) is 4.79 Å². The van der Waals surface area contributed by atoms with E-state index in [9.17, 15) is 4.79 Å². The van der Waals surface area contributed by atoms with Crippen LogP contribution in [-0.2, 0) is 9.53 Å². The number of aromatic nitrogens is 2. The minimum Gasteiger partial charge on any atom is -0.378 e. The van der Waals surface area contributed by atoms with Gasteiger partial charge in [-0.1, -0.05) is 13.8 Å². The van der Waals surface area contributed by atoms with Crippen LogP contribution < -0.4 is 5.32 Å². The van der Waals surface area contributed by atoms with Crippen molar-refractivity contribution in [3.05, 3.63) is 18.2 Å². The summed E-state index contributed by atoms with van der Waals surface area (Å²) in [6, 6.07) is 0. The van der Waals surface area contributed by atoms with Crippen LogP contribution in [0.5, 0.6) is 0 Å². The highest BCUT2D eigenvalue weighted by molar-refractivity contribution is 5.90. The maximum absolute atomic E-state index is 11.8. The molecule has 0 spiro atoms. The summed E-state index contributed by atoms with van der Waals surface area (Å²) < 4.78 is 5.20. The summed E-state index contributed by atoms with van der Waals surface area (Å²) in [6.45, 7) is 7.78. The van der Waals surface area contributed by atoms with Crippen molar-refractivity contribution in [2.75, 3.05) is 12.4 Å². The molecule has 0 bridgehead atoms. The van der Waals surface area contributed by atoms with Crippen LogP contribution in [0.15, 0.2) is 12.4 Å². The van der Waals surface area contributed by atoms with E-state index in [-0.39, 0.29) is 18.2 Å². The number of nitrogens with zero attached hydrogens (tertiary/aromatic N) is 2. The fraction of sp³-hybridized carbons (Fsp3) is 0.615. The molecule has 0 atom stereocenters. The van der Waals surface area contributed by atoms with E-state index in [1.165, 1.54) is 0 Å². The summed E-state index contributed by atoms with van der Waals surface area (Å²) in [4.78, 5) is 20.1. The van der Waals surface area contributed by atoms with E-state index < -0.39 is 5.60 Å². The molecule has 0 unspecified atom stereocenters. The van der Waals surface area contributed by atoms with Gasteiger partial charge in [0.2, 0.25) is 5.91 Å². The first kappa shape index (κ1) is 14.6. The second-order valence-corrected chi connectivity index (χ2v) is 5.17. The lowest BCUT2D eigenvalue weighted by Gasteiger charge is -2.21. The number of rotatable bonds is 5. The first-order valence-corrected chi connectivity index (χ1v) is 6.01. The lowest BCUT2D eigenvalue weighted by atomic mass is 10.1. The average molecular weight is 251 g/mol. The van der Waals surface area contributed by atoms with Gasteiger partial charge in [0.05, 0.1) is 30.1 Å². The van der Waals surface area contributed by atoms with Crippen LogP contribution in [0, 0.1) is 0 Å². The van der Waals surface area contributed by atoms with E-state index in [0.717, 1.165) is 5.82 Å². The van der Waals surface area contributed by atoms with Crippen LogP contribution in [-0.4, -0.2) is 28.6 Å². The Bertz CT molecular complexity index is 399. The molecule has 0 aliphatic carbocycles. The Labute approximate surface area is 108 Å². The standard InChI is InChI=1S/C13H21N3O2/c1-9(2)12-14-7-10(8-15-12)16-11(17)6-13(3,4)18-5/h7-9H,6H2,1-5H3,(H,16,17). The summed E-state index contributed by atoms with van der Waals surface area (Å²) in [6.07, 6.45) is 3.54. The number of carbonyl (C=O) groups is 1. The molecule has 5 nitrogen and oxygen atoms in total. The van der Waals surface area contributed by atoms with Gasteiger partial charge in [-0.05, 0) is 13.8 Å². The number of hydrogen-bond acceptors (Lipinski definition) is 4. The van der Waals surface area contributed by atoms with E-state index in [1.807, 2.05) is 27.7 Å². The van der Waals surface area contributed by atoms with Gasteiger partial charge < -0.3 is 10.1 Å². The number of amides is 1. The lowest BCUT2D eigenvalue weighted by Crippen LogP contribution is -2.29. The van der Waals surface area contributed by atoms with Gasteiger partial charge in [0.25, 0.3) is 0 Å². The highest BCUT2D eigenvalue weighted by Gasteiger charge is 2.21. The second kappa shape index (κ2) is 5.91. The van der Waals surface area contributed by atoms with Crippen molar-refractivity contribution in [1.82, 2.24) is 9.97 Å². The Morgan fingerprint density at radius 1 is 1.39 bits per heavy atom. The number of methoxy groups -OCH3 is 1. The number of hydrogen-bond donors (Lipinski definition) is 1. The molecule has 18 heavy (non-hydrogen) atoms. The van der Waals surface area contributed by atoms with E-state index in [1.54, 1.807) is 19.5 Å². The molecule has 0 fully saturated rings. The normalized spacial score (nSPS) is 11.7. The van der Waals surface area contributed by atoms with Gasteiger partial charge in [0.1, 0.15) is 5.82 Å². The number of ether oxygens (including phenoxy) is 1. The van der Waals surface area contributed by atoms with Gasteiger partial charge in [0, 0.05) is 13.0 Å². The molecule has 1 aromatic rings. The van der Waals surface area contributed by atoms with Gasteiger partial charge >= 0.3 is 0 Å². The molecule has 1 amide bonds. The van der Waals surface area contributed by atoms with Crippen molar-refractivity contribution in [3.63, 3.8) is 0 Å². The van der Waals surface area contributed by atoms with Crippen LogP contribution in [0.25, 0.3) is 0 Å². The average Bonchev–Trinajstić information content (AvgIpc) is 2.29. The van der Waals surface area contributed by atoms with Crippen LogP contribution >= 0.6 is 0 Å². The molecule has 0 saturated carbocycles. The number of carbonyl (C=O) groups excluding carboxylic acids is 1. The summed E-state index contributed by atoms with van der Waals surface area (Å²) in [5.41, 5.74) is 0.138. The molecule has 0 aliphatic heterocycles. The van der Waals surface area contributed by atoms with Crippen LogP contribution in [0.4, 0.5) is 5.69 Å². The Kier molecular flexibility index (Phi) is 4.78. The smallest absolute Gasteiger partial charge is 0.227 e. The maximum Gasteiger partial charge on any atom is 0.227 e. The predicted octanol–water partition coefficient (Wildman–Crippen LogP) is 2.35. The fourth-order valence-electron chi connectivity index (χ4n) is 1.36. The zero-order valence-corrected chi connectivity index (χ0v) is 11.7. The molecule has 100 valence electrons. The van der Waals surface area contributed by atoms with E-state index >= 15 is 0 Å². The molecule has 1 rings (SSSR count). The molecule has 0 saturated heterocycles. The summed E-state index contributed by atoms with van der Waals surface area (Å²) in [7, 11) is 1.59. The SMILES string of the molecule is COC(C)(C)CC(=O)Nc1cnc(C(C)C)nc1. The van der Waals surface area contributed by atoms with Crippen LogP contribution in [0.2, 0.25) is 0 Å². The van der Waals surface area contributed by atoms with Crippen molar-refractivity contribution in [3.8, 4) is 0 Å². The molecule has 0 aliphatic rings. The second-order valence-electron chi connectivity index (χ2n) is 5.17. The van der Waals surface area contributed by atoms with Crippen LogP contribution in [0.3, 0.4) is 0 Å². The molecular formula is C13H21N3O2. The maximum atomic E-state index is 11.8. The third kappa shape index (κ3) is 4.41. The van der Waals surface area contributed by atoms with E-state index in [0.29, 0.717) is 5.69 Å². The van der Waals surface area contributed by atoms with Crippen LogP contribution in [0.1, 0.15) is 45.9 Å². The molecule has 0 radical (unpaired) electrons. The monoisotopic (exact) mass is 251 g/mol. The van der Waals surface area contributed by atoms with Crippen molar-refractivity contribution in [2.24, 2.45) is 0 Å².